The third-order valence-corrected chi connectivity index (χ3v) is 3.15. The van der Waals surface area contributed by atoms with Gasteiger partial charge in [0.15, 0.2) is 0 Å². The summed E-state index contributed by atoms with van der Waals surface area (Å²) in [5, 5.41) is 8.98. The van der Waals surface area contributed by atoms with E-state index >= 15 is 0 Å². The third-order valence-electron chi connectivity index (χ3n) is 3.15. The summed E-state index contributed by atoms with van der Waals surface area (Å²) in [7, 11) is 0. The number of likely N-dealkylation sites (tertiary alicyclic amines) is 1. The number of piperidine rings is 1. The number of carbonyl (C=O) groups excluding carboxylic acids is 1. The lowest BCUT2D eigenvalue weighted by Crippen LogP contribution is -2.44. The van der Waals surface area contributed by atoms with E-state index in [0.717, 1.165) is 25.0 Å². The van der Waals surface area contributed by atoms with Gasteiger partial charge in [0.05, 0.1) is 6.54 Å². The van der Waals surface area contributed by atoms with Crippen molar-refractivity contribution in [2.75, 3.05) is 13.1 Å². The summed E-state index contributed by atoms with van der Waals surface area (Å²) in [6.07, 6.45) is 6.12. The zero-order valence-corrected chi connectivity index (χ0v) is 12.2. The highest BCUT2D eigenvalue weighted by Gasteiger charge is 2.25. The maximum atomic E-state index is 12.0. The van der Waals surface area contributed by atoms with Crippen LogP contribution in [-0.4, -0.2) is 40.0 Å². The quantitative estimate of drug-likeness (QED) is 0.790. The Morgan fingerprint density at radius 1 is 1.48 bits per heavy atom. The summed E-state index contributed by atoms with van der Waals surface area (Å²) in [6, 6.07) is 1.96. The summed E-state index contributed by atoms with van der Waals surface area (Å²) in [6.45, 7) is 5.03. The van der Waals surface area contributed by atoms with Gasteiger partial charge < -0.3 is 9.64 Å². The number of ether oxygens (including phenoxy) is 1. The van der Waals surface area contributed by atoms with E-state index in [2.05, 4.69) is 9.97 Å². The van der Waals surface area contributed by atoms with Crippen LogP contribution in [0.25, 0.3) is 0 Å². The van der Waals surface area contributed by atoms with Crippen molar-refractivity contribution >= 4 is 5.91 Å². The van der Waals surface area contributed by atoms with Gasteiger partial charge in [-0.15, -0.1) is 0 Å². The largest absolute Gasteiger partial charge is 0.470 e. The monoisotopic (exact) mass is 286 g/mol. The van der Waals surface area contributed by atoms with Gasteiger partial charge in [-0.3, -0.25) is 4.79 Å². The molecular formula is C15H18N4O2. The first-order valence-corrected chi connectivity index (χ1v) is 6.91. The molecule has 1 amide bonds. The molecule has 0 N–H and O–H groups in total. The third kappa shape index (κ3) is 4.02. The molecule has 0 aromatic carbocycles. The van der Waals surface area contributed by atoms with Crippen molar-refractivity contribution < 1.29 is 9.53 Å². The van der Waals surface area contributed by atoms with Crippen LogP contribution >= 0.6 is 0 Å². The predicted molar refractivity (Wildman–Crippen MR) is 76.4 cm³/mol. The Morgan fingerprint density at radius 3 is 2.95 bits per heavy atom. The molecule has 1 unspecified atom stereocenters. The highest BCUT2D eigenvalue weighted by Crippen LogP contribution is 2.18. The van der Waals surface area contributed by atoms with Gasteiger partial charge in [0, 0.05) is 25.0 Å². The van der Waals surface area contributed by atoms with Crippen molar-refractivity contribution in [3.63, 3.8) is 0 Å². The molecule has 21 heavy (non-hydrogen) atoms. The Hall–Kier alpha value is -2.42. The molecule has 6 heteroatoms. The topological polar surface area (TPSA) is 79.1 Å². The number of carbonyl (C=O) groups is 1. The maximum Gasteiger partial charge on any atom is 0.251 e. The van der Waals surface area contributed by atoms with E-state index in [4.69, 9.17) is 10.00 Å². The first-order chi connectivity index (χ1) is 10.1. The van der Waals surface area contributed by atoms with Crippen LogP contribution in [-0.2, 0) is 4.79 Å². The van der Waals surface area contributed by atoms with E-state index in [9.17, 15) is 4.79 Å². The van der Waals surface area contributed by atoms with Crippen LogP contribution in [0.5, 0.6) is 5.88 Å². The van der Waals surface area contributed by atoms with Crippen molar-refractivity contribution in [2.24, 2.45) is 0 Å². The highest BCUT2D eigenvalue weighted by atomic mass is 16.5. The first kappa shape index (κ1) is 15.0. The lowest BCUT2D eigenvalue weighted by molar-refractivity contribution is -0.128. The van der Waals surface area contributed by atoms with Gasteiger partial charge in [0.25, 0.3) is 5.88 Å². The number of nitriles is 1. The second-order valence-electron chi connectivity index (χ2n) is 5.21. The number of rotatable bonds is 3. The fourth-order valence-corrected chi connectivity index (χ4v) is 2.22. The SMILES string of the molecule is CC(C)=CC(=O)N1CCCC(Oc2nccnc2C#N)C1. The minimum Gasteiger partial charge on any atom is -0.470 e. The van der Waals surface area contributed by atoms with E-state index in [-0.39, 0.29) is 23.6 Å². The van der Waals surface area contributed by atoms with E-state index < -0.39 is 0 Å². The van der Waals surface area contributed by atoms with Crippen molar-refractivity contribution in [3.8, 4) is 11.9 Å². The molecule has 0 saturated carbocycles. The second kappa shape index (κ2) is 6.84. The normalized spacial score (nSPS) is 17.8. The van der Waals surface area contributed by atoms with E-state index in [1.54, 1.807) is 11.0 Å². The van der Waals surface area contributed by atoms with Gasteiger partial charge in [-0.1, -0.05) is 5.57 Å². The van der Waals surface area contributed by atoms with Crippen LogP contribution in [0, 0.1) is 11.3 Å². The van der Waals surface area contributed by atoms with Crippen LogP contribution in [0.3, 0.4) is 0 Å². The summed E-state index contributed by atoms with van der Waals surface area (Å²) >= 11 is 0. The fourth-order valence-electron chi connectivity index (χ4n) is 2.22. The molecule has 1 fully saturated rings. The Kier molecular flexibility index (Phi) is 4.88. The maximum absolute atomic E-state index is 12.0. The van der Waals surface area contributed by atoms with Gasteiger partial charge in [-0.25, -0.2) is 9.97 Å². The number of allylic oxidation sites excluding steroid dienone is 1. The lowest BCUT2D eigenvalue weighted by atomic mass is 10.1. The molecule has 2 rings (SSSR count). The summed E-state index contributed by atoms with van der Waals surface area (Å²) in [4.78, 5) is 21.8. The zero-order chi connectivity index (χ0) is 15.2. The van der Waals surface area contributed by atoms with Gasteiger partial charge in [-0.2, -0.15) is 5.26 Å². The molecule has 0 aliphatic carbocycles. The summed E-state index contributed by atoms with van der Waals surface area (Å²) < 4.78 is 5.75. The van der Waals surface area contributed by atoms with Crippen LogP contribution in [0.1, 0.15) is 32.4 Å². The average Bonchev–Trinajstić information content (AvgIpc) is 2.47. The molecule has 1 aliphatic heterocycles. The summed E-state index contributed by atoms with van der Waals surface area (Å²) in [5.41, 5.74) is 1.15. The van der Waals surface area contributed by atoms with E-state index in [0.29, 0.717) is 6.54 Å². The minimum atomic E-state index is -0.155. The van der Waals surface area contributed by atoms with Crippen molar-refractivity contribution in [3.05, 3.63) is 29.7 Å². The van der Waals surface area contributed by atoms with Crippen LogP contribution in [0.15, 0.2) is 24.0 Å². The highest BCUT2D eigenvalue weighted by molar-refractivity contribution is 5.88. The zero-order valence-electron chi connectivity index (χ0n) is 12.2. The van der Waals surface area contributed by atoms with Gasteiger partial charge in [0.1, 0.15) is 12.2 Å². The lowest BCUT2D eigenvalue weighted by Gasteiger charge is -2.32. The predicted octanol–water partition coefficient (Wildman–Crippen LogP) is 1.68. The Bertz CT molecular complexity index is 588. The smallest absolute Gasteiger partial charge is 0.251 e. The fraction of sp³-hybridized carbons (Fsp3) is 0.467. The minimum absolute atomic E-state index is 0.00273. The molecule has 0 spiro atoms. The Labute approximate surface area is 124 Å². The molecule has 0 bridgehead atoms. The van der Waals surface area contributed by atoms with E-state index in [1.165, 1.54) is 12.4 Å². The van der Waals surface area contributed by atoms with Gasteiger partial charge in [0.2, 0.25) is 11.6 Å². The summed E-state index contributed by atoms with van der Waals surface area (Å²) in [5.74, 6) is 0.240. The number of aromatic nitrogens is 2. The van der Waals surface area contributed by atoms with Gasteiger partial charge in [-0.05, 0) is 26.7 Å². The number of amides is 1. The van der Waals surface area contributed by atoms with Gasteiger partial charge >= 0.3 is 0 Å². The number of nitrogens with zero attached hydrogens (tertiary/aromatic N) is 4. The standard InChI is InChI=1S/C15H18N4O2/c1-11(2)8-14(20)19-7-3-4-12(10-19)21-15-13(9-16)17-5-6-18-15/h5-6,8,12H,3-4,7,10H2,1-2H3. The van der Waals surface area contributed by atoms with Crippen LogP contribution < -0.4 is 4.74 Å². The molecule has 6 nitrogen and oxygen atoms in total. The molecule has 1 saturated heterocycles. The van der Waals surface area contributed by atoms with Crippen LogP contribution in [0.4, 0.5) is 0 Å². The number of hydrogen-bond acceptors (Lipinski definition) is 5. The van der Waals surface area contributed by atoms with Crippen molar-refractivity contribution in [1.29, 1.82) is 5.26 Å². The Balaban J connectivity index is 2.03. The van der Waals surface area contributed by atoms with Crippen molar-refractivity contribution in [2.45, 2.75) is 32.8 Å². The molecule has 110 valence electrons. The first-order valence-electron chi connectivity index (χ1n) is 6.91. The molecular weight excluding hydrogens is 268 g/mol. The molecule has 1 aromatic rings. The molecule has 0 radical (unpaired) electrons. The second-order valence-corrected chi connectivity index (χ2v) is 5.21. The Morgan fingerprint density at radius 2 is 2.24 bits per heavy atom. The molecule has 1 aliphatic rings. The molecule has 1 aromatic heterocycles. The molecule has 2 heterocycles. The molecule has 1 atom stereocenters. The average molecular weight is 286 g/mol. The van der Waals surface area contributed by atoms with Crippen molar-refractivity contribution in [1.82, 2.24) is 14.9 Å². The number of hydrogen-bond donors (Lipinski definition) is 0. The van der Waals surface area contributed by atoms with E-state index in [1.807, 2.05) is 19.9 Å². The van der Waals surface area contributed by atoms with Crippen LogP contribution in [0.2, 0.25) is 0 Å².